The van der Waals surface area contributed by atoms with E-state index >= 15 is 0 Å². The molecule has 0 spiro atoms. The first-order valence-corrected chi connectivity index (χ1v) is 5.49. The maximum absolute atomic E-state index is 11.0. The molecule has 0 unspecified atom stereocenters. The number of hydrogen-bond acceptors (Lipinski definition) is 3. The van der Waals surface area contributed by atoms with Crippen LogP contribution in [0.4, 0.5) is 5.69 Å². The highest BCUT2D eigenvalue weighted by atomic mass is 35.5. The van der Waals surface area contributed by atoms with E-state index in [0.29, 0.717) is 18.4 Å². The highest BCUT2D eigenvalue weighted by molar-refractivity contribution is 6.30. The molecule has 6 heteroatoms. The Hall–Kier alpha value is -1.62. The molecule has 2 rings (SSSR count). The van der Waals surface area contributed by atoms with E-state index in [-0.39, 0.29) is 17.1 Å². The molecule has 0 radical (unpaired) electrons. The zero-order chi connectivity index (χ0) is 12.6. The lowest BCUT2D eigenvalue weighted by molar-refractivity contribution is -0.385. The van der Waals surface area contributed by atoms with E-state index in [1.54, 1.807) is 6.07 Å². The van der Waals surface area contributed by atoms with Crippen molar-refractivity contribution >= 4 is 23.3 Å². The molecule has 5 nitrogen and oxygen atoms in total. The van der Waals surface area contributed by atoms with Crippen LogP contribution in [0.2, 0.25) is 5.02 Å². The van der Waals surface area contributed by atoms with Gasteiger partial charge in [0.25, 0.3) is 5.69 Å². The Bertz CT molecular complexity index is 496. The lowest BCUT2D eigenvalue weighted by atomic mass is 9.95. The predicted molar refractivity (Wildman–Crippen MR) is 61.1 cm³/mol. The highest BCUT2D eigenvalue weighted by Gasteiger charge is 2.50. The number of nitro groups is 1. The Morgan fingerprint density at radius 2 is 2.18 bits per heavy atom. The summed E-state index contributed by atoms with van der Waals surface area (Å²) in [7, 11) is 0. The smallest absolute Gasteiger partial charge is 0.309 e. The van der Waals surface area contributed by atoms with E-state index in [1.807, 2.05) is 0 Å². The standard InChI is InChI=1S/C11H10ClNO4/c12-8-2-1-7(9(5-8)13(16)17)6-11(3-4-11)10(14)15/h1-2,5H,3-4,6H2,(H,14,15). The summed E-state index contributed by atoms with van der Waals surface area (Å²) >= 11 is 5.69. The van der Waals surface area contributed by atoms with Gasteiger partial charge in [0.05, 0.1) is 10.3 Å². The minimum absolute atomic E-state index is 0.106. The van der Waals surface area contributed by atoms with Crippen LogP contribution in [0.25, 0.3) is 0 Å². The van der Waals surface area contributed by atoms with Crippen molar-refractivity contribution < 1.29 is 14.8 Å². The second kappa shape index (κ2) is 4.00. The molecule has 0 bridgehead atoms. The lowest BCUT2D eigenvalue weighted by Gasteiger charge is -2.09. The third kappa shape index (κ3) is 2.24. The van der Waals surface area contributed by atoms with Crippen LogP contribution >= 0.6 is 11.6 Å². The molecule has 0 aromatic heterocycles. The van der Waals surface area contributed by atoms with Gasteiger partial charge in [-0.2, -0.15) is 0 Å². The Morgan fingerprint density at radius 1 is 1.53 bits per heavy atom. The normalized spacial score (nSPS) is 16.5. The molecule has 1 N–H and O–H groups in total. The third-order valence-corrected chi connectivity index (χ3v) is 3.32. The number of aliphatic carboxylic acids is 1. The van der Waals surface area contributed by atoms with Gasteiger partial charge in [-0.1, -0.05) is 17.7 Å². The number of hydrogen-bond donors (Lipinski definition) is 1. The quantitative estimate of drug-likeness (QED) is 0.662. The zero-order valence-electron chi connectivity index (χ0n) is 8.85. The van der Waals surface area contributed by atoms with Crippen molar-refractivity contribution in [3.8, 4) is 0 Å². The maximum atomic E-state index is 11.0. The van der Waals surface area contributed by atoms with Crippen molar-refractivity contribution in [3.63, 3.8) is 0 Å². The van der Waals surface area contributed by atoms with Gasteiger partial charge < -0.3 is 5.11 Å². The number of nitrogens with zero attached hydrogens (tertiary/aromatic N) is 1. The summed E-state index contributed by atoms with van der Waals surface area (Å²) < 4.78 is 0. The molecular weight excluding hydrogens is 246 g/mol. The van der Waals surface area contributed by atoms with Crippen LogP contribution in [-0.4, -0.2) is 16.0 Å². The number of rotatable bonds is 4. The molecular formula is C11H10ClNO4. The fourth-order valence-electron chi connectivity index (χ4n) is 1.84. The molecule has 0 amide bonds. The van der Waals surface area contributed by atoms with E-state index in [1.165, 1.54) is 12.1 Å². The molecule has 1 aromatic carbocycles. The van der Waals surface area contributed by atoms with Crippen LogP contribution in [0.15, 0.2) is 18.2 Å². The summed E-state index contributed by atoms with van der Waals surface area (Å²) in [4.78, 5) is 21.4. The number of carboxylic acids is 1. The van der Waals surface area contributed by atoms with Gasteiger partial charge in [-0.05, 0) is 25.3 Å². The van der Waals surface area contributed by atoms with Gasteiger partial charge >= 0.3 is 5.97 Å². The van der Waals surface area contributed by atoms with Gasteiger partial charge in [0.1, 0.15) is 0 Å². The molecule has 0 saturated heterocycles. The summed E-state index contributed by atoms with van der Waals surface area (Å²) in [5.74, 6) is -0.887. The summed E-state index contributed by atoms with van der Waals surface area (Å²) in [6, 6.07) is 4.33. The first-order chi connectivity index (χ1) is 7.94. The van der Waals surface area contributed by atoms with Crippen molar-refractivity contribution in [1.82, 2.24) is 0 Å². The van der Waals surface area contributed by atoms with E-state index in [9.17, 15) is 14.9 Å². The molecule has 1 aromatic rings. The van der Waals surface area contributed by atoms with Crippen LogP contribution in [0.5, 0.6) is 0 Å². The molecule has 1 saturated carbocycles. The first kappa shape index (κ1) is 11.9. The first-order valence-electron chi connectivity index (χ1n) is 5.11. The number of carboxylic acid groups (broad SMARTS) is 1. The molecule has 0 heterocycles. The number of nitro benzene ring substituents is 1. The summed E-state index contributed by atoms with van der Waals surface area (Å²) in [6.07, 6.45) is 1.33. The second-order valence-electron chi connectivity index (χ2n) is 4.29. The van der Waals surface area contributed by atoms with Crippen LogP contribution < -0.4 is 0 Å². The van der Waals surface area contributed by atoms with Crippen LogP contribution in [0, 0.1) is 15.5 Å². The summed E-state index contributed by atoms with van der Waals surface area (Å²) in [5.41, 5.74) is -0.484. The Labute approximate surface area is 102 Å². The average molecular weight is 256 g/mol. The van der Waals surface area contributed by atoms with Crippen LogP contribution in [-0.2, 0) is 11.2 Å². The minimum Gasteiger partial charge on any atom is -0.481 e. The van der Waals surface area contributed by atoms with E-state index in [2.05, 4.69) is 0 Å². The van der Waals surface area contributed by atoms with Crippen LogP contribution in [0.3, 0.4) is 0 Å². The van der Waals surface area contributed by atoms with E-state index in [4.69, 9.17) is 16.7 Å². The topological polar surface area (TPSA) is 80.4 Å². The molecule has 1 fully saturated rings. The molecule has 0 atom stereocenters. The van der Waals surface area contributed by atoms with Gasteiger partial charge in [-0.3, -0.25) is 14.9 Å². The largest absolute Gasteiger partial charge is 0.481 e. The number of halogens is 1. The zero-order valence-corrected chi connectivity index (χ0v) is 9.61. The molecule has 17 heavy (non-hydrogen) atoms. The summed E-state index contributed by atoms with van der Waals surface area (Å²) in [6.45, 7) is 0. The minimum atomic E-state index is -0.887. The van der Waals surface area contributed by atoms with Gasteiger partial charge in [-0.25, -0.2) is 0 Å². The van der Waals surface area contributed by atoms with Crippen molar-refractivity contribution in [2.24, 2.45) is 5.41 Å². The van der Waals surface area contributed by atoms with Crippen molar-refractivity contribution in [3.05, 3.63) is 38.9 Å². The number of carbonyl (C=O) groups is 1. The van der Waals surface area contributed by atoms with Gasteiger partial charge in [0.2, 0.25) is 0 Å². The summed E-state index contributed by atoms with van der Waals surface area (Å²) in [5, 5.41) is 20.2. The fraction of sp³-hybridized carbons (Fsp3) is 0.364. The molecule has 1 aliphatic carbocycles. The van der Waals surface area contributed by atoms with Crippen molar-refractivity contribution in [2.45, 2.75) is 19.3 Å². The third-order valence-electron chi connectivity index (χ3n) is 3.08. The van der Waals surface area contributed by atoms with Gasteiger partial charge in [0, 0.05) is 16.7 Å². The SMILES string of the molecule is O=C(O)C1(Cc2ccc(Cl)cc2[N+](=O)[O-])CC1. The molecule has 0 aliphatic heterocycles. The van der Waals surface area contributed by atoms with E-state index < -0.39 is 16.3 Å². The Kier molecular flexibility index (Phi) is 2.79. The van der Waals surface area contributed by atoms with Crippen molar-refractivity contribution in [1.29, 1.82) is 0 Å². The monoisotopic (exact) mass is 255 g/mol. The van der Waals surface area contributed by atoms with Crippen LogP contribution in [0.1, 0.15) is 18.4 Å². The molecule has 1 aliphatic rings. The Morgan fingerprint density at radius 3 is 2.65 bits per heavy atom. The second-order valence-corrected chi connectivity index (χ2v) is 4.73. The lowest BCUT2D eigenvalue weighted by Crippen LogP contribution is -2.18. The Balaban J connectivity index is 2.33. The number of benzene rings is 1. The molecule has 90 valence electrons. The van der Waals surface area contributed by atoms with Gasteiger partial charge in [-0.15, -0.1) is 0 Å². The average Bonchev–Trinajstić information content (AvgIpc) is 3.01. The predicted octanol–water partition coefficient (Wildman–Crippen LogP) is 2.66. The van der Waals surface area contributed by atoms with Crippen molar-refractivity contribution in [2.75, 3.05) is 0 Å². The fourth-order valence-corrected chi connectivity index (χ4v) is 2.00. The van der Waals surface area contributed by atoms with Gasteiger partial charge in [0.15, 0.2) is 0 Å². The highest BCUT2D eigenvalue weighted by Crippen LogP contribution is 2.49. The van der Waals surface area contributed by atoms with E-state index in [0.717, 1.165) is 0 Å². The maximum Gasteiger partial charge on any atom is 0.309 e.